The number of rotatable bonds is 56. The Morgan fingerprint density at radius 3 is 0.604 bits per heavy atom. The molecule has 50 heteroatoms. The number of hydrogen-bond acceptors (Lipinski definition) is 38. The Morgan fingerprint density at radius 1 is 0.219 bits per heavy atom. The summed E-state index contributed by atoms with van der Waals surface area (Å²) in [7, 11) is 0. The van der Waals surface area contributed by atoms with Crippen LogP contribution >= 0.6 is 0 Å². The van der Waals surface area contributed by atoms with Crippen LogP contribution in [0.4, 0.5) is 0 Å². The summed E-state index contributed by atoms with van der Waals surface area (Å²) in [4.78, 5) is 0. The highest BCUT2D eigenvalue weighted by Gasteiger charge is 2.41. The summed E-state index contributed by atoms with van der Waals surface area (Å²) in [5, 5.41) is 142. The second kappa shape index (κ2) is 58.0. The van der Waals surface area contributed by atoms with Crippen molar-refractivity contribution in [3.05, 3.63) is 0 Å². The van der Waals surface area contributed by atoms with E-state index in [0.29, 0.717) is 0 Å². The van der Waals surface area contributed by atoms with Gasteiger partial charge in [0.1, 0.15) is 107 Å². The molecule has 0 aliphatic rings. The minimum absolute atomic E-state index is 0.000375. The number of hydrogen-bond donors (Lipinski definition) is 24. The van der Waals surface area contributed by atoms with Gasteiger partial charge in [-0.25, -0.2) is 0 Å². The molecule has 0 aromatic carbocycles. The molecule has 0 rings (SSSR count). The predicted molar refractivity (Wildman–Crippen MR) is 330 cm³/mol. The summed E-state index contributed by atoms with van der Waals surface area (Å²) >= 11 is 0. The van der Waals surface area contributed by atoms with Crippen LogP contribution in [0.3, 0.4) is 0 Å². The normalized spacial score (nSPS) is 16.4. The molecule has 8 atom stereocenters. The first-order chi connectivity index (χ1) is 46.1. The number of oxime groups is 12. The zero-order chi connectivity index (χ0) is 72.3. The monoisotopic (exact) mass is 1400 g/mol. The van der Waals surface area contributed by atoms with E-state index in [1.54, 1.807) is 0 Å². The van der Waals surface area contributed by atoms with Gasteiger partial charge < -0.3 is 198 Å². The second-order valence-corrected chi connectivity index (χ2v) is 18.7. The van der Waals surface area contributed by atoms with Crippen LogP contribution in [-0.4, -0.2) is 288 Å². The zero-order valence-electron chi connectivity index (χ0n) is 52.4. The zero-order valence-corrected chi connectivity index (χ0v) is 52.4. The summed E-state index contributed by atoms with van der Waals surface area (Å²) in [6.07, 6.45) is -9.13. The maximum atomic E-state index is 9.04. The van der Waals surface area contributed by atoms with Crippen LogP contribution in [0, 0.1) is 0 Å². The Kier molecular flexibility index (Phi) is 53.4. The number of amidine groups is 12. The first kappa shape index (κ1) is 88.4. The van der Waals surface area contributed by atoms with Gasteiger partial charge in [-0.15, -0.1) is 0 Å². The largest absolute Gasteiger partial charge is 0.436 e. The minimum atomic E-state index is -1.29. The minimum Gasteiger partial charge on any atom is -0.436 e. The number of nitrogens with two attached hydrogens (primary N) is 12. The van der Waals surface area contributed by atoms with E-state index in [2.05, 4.69) is 61.9 Å². The van der Waals surface area contributed by atoms with E-state index < -0.39 is 74.5 Å². The van der Waals surface area contributed by atoms with E-state index >= 15 is 0 Å². The van der Waals surface area contributed by atoms with Crippen molar-refractivity contribution in [3.63, 3.8) is 0 Å². The van der Waals surface area contributed by atoms with Gasteiger partial charge >= 0.3 is 12.0 Å². The molecule has 0 saturated carbocycles. The van der Waals surface area contributed by atoms with Crippen molar-refractivity contribution in [1.29, 1.82) is 0 Å². The third-order valence-electron chi connectivity index (χ3n) is 11.8. The predicted octanol–water partition coefficient (Wildman–Crippen LogP) is -6.16. The molecule has 0 bridgehead atoms. The summed E-state index contributed by atoms with van der Waals surface area (Å²) in [6.45, 7) is -3.14. The average molecular weight is 1400 g/mol. The highest BCUT2D eigenvalue weighted by molar-refractivity contribution is 5.82. The summed E-state index contributed by atoms with van der Waals surface area (Å²) in [6, 6.07) is -1.31. The van der Waals surface area contributed by atoms with Crippen LogP contribution < -0.4 is 68.8 Å². The van der Waals surface area contributed by atoms with E-state index in [9.17, 15) is 0 Å². The van der Waals surface area contributed by atoms with Crippen molar-refractivity contribution < 1.29 is 129 Å². The first-order valence-corrected chi connectivity index (χ1v) is 28.2. The molecule has 0 heterocycles. The van der Waals surface area contributed by atoms with Gasteiger partial charge in [-0.2, -0.15) is 0 Å². The third kappa shape index (κ3) is 44.8. The molecule has 0 aliphatic heterocycles. The van der Waals surface area contributed by atoms with Gasteiger partial charge in [0.2, 0.25) is 0 Å². The third-order valence-corrected chi connectivity index (χ3v) is 11.8. The quantitative estimate of drug-likeness (QED) is 0.00673. The van der Waals surface area contributed by atoms with E-state index in [4.69, 9.17) is 198 Å². The molecule has 0 fully saturated rings. The lowest BCUT2D eigenvalue weighted by molar-refractivity contribution is -0.219. The molecule has 556 valence electrons. The van der Waals surface area contributed by atoms with Crippen LogP contribution in [0.5, 0.6) is 0 Å². The highest BCUT2D eigenvalue weighted by Crippen LogP contribution is 2.23. The first-order valence-electron chi connectivity index (χ1n) is 28.2. The van der Waals surface area contributed by atoms with Crippen molar-refractivity contribution >= 4 is 70.4 Å². The highest BCUT2D eigenvalue weighted by atomic mass is 16.7. The van der Waals surface area contributed by atoms with Gasteiger partial charge in [0.25, 0.3) is 0 Å². The SMILES string of the molecule is NC(CCOCC(OCCC(N)=NO)C(OCCC(N)=NO)C(OCCC(N)=NO)C(COCC/C(N)=N/O)OCCC(N)=NO)=NO.NC(CCOCC(OCCC(N)=NO)C(OCOC(N)=NO)C(OCCC(N)=NO)C(COCC/C(N)=N/O)OCOC(N)=NO)=NO. The van der Waals surface area contributed by atoms with E-state index in [1.165, 1.54) is 0 Å². The van der Waals surface area contributed by atoms with Crippen molar-refractivity contribution in [3.8, 4) is 0 Å². The smallest absolute Gasteiger partial charge is 0.323 e. The van der Waals surface area contributed by atoms with E-state index in [0.717, 1.165) is 0 Å². The Labute approximate surface area is 548 Å². The van der Waals surface area contributed by atoms with E-state index in [1.807, 2.05) is 0 Å². The summed E-state index contributed by atoms with van der Waals surface area (Å²) in [5.41, 5.74) is 66.7. The lowest BCUT2D eigenvalue weighted by Crippen LogP contribution is -2.53. The Balaban J connectivity index is 0. The number of ether oxygens (including phenoxy) is 14. The molecule has 0 aliphatic carbocycles. The van der Waals surface area contributed by atoms with Gasteiger partial charge in [0.05, 0.1) is 92.5 Å². The molecule has 36 N–H and O–H groups in total. The van der Waals surface area contributed by atoms with Crippen molar-refractivity contribution in [2.45, 2.75) is 113 Å². The summed E-state index contributed by atoms with van der Waals surface area (Å²) in [5.74, 6) is -1.31. The fraction of sp³-hybridized carbons (Fsp3) is 0.739. The van der Waals surface area contributed by atoms with Gasteiger partial charge in [0, 0.05) is 64.2 Å². The van der Waals surface area contributed by atoms with Crippen LogP contribution in [0.25, 0.3) is 0 Å². The van der Waals surface area contributed by atoms with Gasteiger partial charge in [-0.1, -0.05) is 51.6 Å². The molecule has 0 spiro atoms. The second-order valence-electron chi connectivity index (χ2n) is 18.7. The van der Waals surface area contributed by atoms with Crippen LogP contribution in [-0.2, 0) is 66.3 Å². The Hall–Kier alpha value is -9.64. The van der Waals surface area contributed by atoms with Crippen LogP contribution in [0.15, 0.2) is 61.9 Å². The summed E-state index contributed by atoms with van der Waals surface area (Å²) < 4.78 is 81.2. The van der Waals surface area contributed by atoms with Crippen molar-refractivity contribution in [1.82, 2.24) is 0 Å². The standard InChI is InChI=1S/C24H50N12O12.C22H46N12O14/c25-17(31-37)1-7-43-13-15(45-9-3-19(27)33-39)23(47-11-5-21(29)35-41)24(48-12-6-22(30)36-42)16(46-10-4-20(28)34-40)14-44-8-2-18(26)32-38;23-15(29-35)1-5-41-9-13(43-7-3-17(25)31-37)20(46-12-48-22(28)34-40)19(44-8-4-18(26)32-38)14(45-11-47-21(27)33-39)10-42-6-2-16(24)30-36/h15-16,23-24,37-42H,1-14H2,(H2,25,31)(H2,26,32)(H2,27,33)(H2,28,34)(H2,29,35)(H2,30,36);13-14,19-20,35-40H,1-12H2,(H2,23,29)(H2,24,30)(H2,25,31)(H2,26,32)(H2,27,33)(H2,28,34). The lowest BCUT2D eigenvalue weighted by Gasteiger charge is -2.37. The van der Waals surface area contributed by atoms with Gasteiger partial charge in [-0.05, 0) is 10.3 Å². The molecule has 0 aromatic heterocycles. The molecule has 0 amide bonds. The molecular weight excluding hydrogens is 1300 g/mol. The topological polar surface area (TPSA) is 833 Å². The fourth-order valence-corrected chi connectivity index (χ4v) is 6.87. The Morgan fingerprint density at radius 2 is 0.396 bits per heavy atom. The van der Waals surface area contributed by atoms with Gasteiger partial charge in [0.15, 0.2) is 13.6 Å². The molecule has 96 heavy (non-hydrogen) atoms. The molecule has 0 radical (unpaired) electrons. The van der Waals surface area contributed by atoms with Crippen LogP contribution in [0.2, 0.25) is 0 Å². The maximum Gasteiger partial charge on any atom is 0.323 e. The van der Waals surface area contributed by atoms with E-state index in [-0.39, 0.29) is 215 Å². The van der Waals surface area contributed by atoms with Crippen molar-refractivity contribution in [2.24, 2.45) is 131 Å². The average Bonchev–Trinajstić information content (AvgIpc) is 1.76. The van der Waals surface area contributed by atoms with Gasteiger partial charge in [-0.3, -0.25) is 0 Å². The number of nitrogens with zero attached hydrogens (tertiary/aromatic N) is 12. The lowest BCUT2D eigenvalue weighted by atomic mass is 10.0. The van der Waals surface area contributed by atoms with Crippen LogP contribution in [0.1, 0.15) is 64.2 Å². The molecular formula is C46H96N24O26. The van der Waals surface area contributed by atoms with Crippen molar-refractivity contribution in [2.75, 3.05) is 106 Å². The molecule has 0 saturated heterocycles. The molecule has 50 nitrogen and oxygen atoms in total. The molecule has 0 aromatic rings. The fourth-order valence-electron chi connectivity index (χ4n) is 6.87. The Bertz CT molecular complexity index is 2100. The molecule has 8 unspecified atom stereocenters. The maximum absolute atomic E-state index is 9.04.